The molecule has 2 rings (SSSR count). The Morgan fingerprint density at radius 1 is 1.44 bits per heavy atom. The Morgan fingerprint density at radius 3 is 3.00 bits per heavy atom. The van der Waals surface area contributed by atoms with Gasteiger partial charge in [-0.3, -0.25) is 9.48 Å². The molecule has 0 saturated heterocycles. The van der Waals surface area contributed by atoms with Crippen LogP contribution in [0.4, 0.5) is 0 Å². The van der Waals surface area contributed by atoms with Crippen molar-refractivity contribution >= 4 is 5.78 Å². The summed E-state index contributed by atoms with van der Waals surface area (Å²) in [6.07, 6.45) is 3.41. The van der Waals surface area contributed by atoms with Gasteiger partial charge in [0.15, 0.2) is 5.78 Å². The molecule has 16 heavy (non-hydrogen) atoms. The number of hydrogen-bond acceptors (Lipinski definition) is 3. The van der Waals surface area contributed by atoms with Crippen LogP contribution in [-0.4, -0.2) is 22.7 Å². The molecule has 0 unspecified atom stereocenters. The molecule has 1 aromatic heterocycles. The SMILES string of the molecule is COc1cccc(C(=O)Cn2cccn2)c1. The lowest BCUT2D eigenvalue weighted by molar-refractivity contribution is 0.0967. The topological polar surface area (TPSA) is 44.1 Å². The van der Waals surface area contributed by atoms with E-state index in [9.17, 15) is 4.79 Å². The minimum absolute atomic E-state index is 0.0163. The number of aromatic nitrogens is 2. The normalized spacial score (nSPS) is 10.1. The monoisotopic (exact) mass is 216 g/mol. The quantitative estimate of drug-likeness (QED) is 0.732. The van der Waals surface area contributed by atoms with E-state index in [0.717, 1.165) is 0 Å². The predicted octanol–water partition coefficient (Wildman–Crippen LogP) is 1.77. The summed E-state index contributed by atoms with van der Waals surface area (Å²) >= 11 is 0. The van der Waals surface area contributed by atoms with Crippen LogP contribution in [0.5, 0.6) is 5.75 Å². The maximum Gasteiger partial charge on any atom is 0.184 e. The molecule has 1 aromatic carbocycles. The van der Waals surface area contributed by atoms with Gasteiger partial charge in [-0.2, -0.15) is 5.10 Å². The van der Waals surface area contributed by atoms with E-state index in [1.165, 1.54) is 0 Å². The zero-order valence-corrected chi connectivity index (χ0v) is 8.96. The van der Waals surface area contributed by atoms with Gasteiger partial charge in [-0.15, -0.1) is 0 Å². The van der Waals surface area contributed by atoms with Crippen LogP contribution in [0, 0.1) is 0 Å². The maximum absolute atomic E-state index is 11.9. The van der Waals surface area contributed by atoms with Crippen LogP contribution in [0.25, 0.3) is 0 Å². The number of rotatable bonds is 4. The summed E-state index contributed by atoms with van der Waals surface area (Å²) in [6.45, 7) is 0.250. The van der Waals surface area contributed by atoms with Gasteiger partial charge < -0.3 is 4.74 Å². The van der Waals surface area contributed by atoms with Crippen molar-refractivity contribution in [3.63, 3.8) is 0 Å². The number of benzene rings is 1. The Morgan fingerprint density at radius 2 is 2.31 bits per heavy atom. The zero-order valence-electron chi connectivity index (χ0n) is 8.96. The Kier molecular flexibility index (Phi) is 3.00. The van der Waals surface area contributed by atoms with E-state index in [2.05, 4.69) is 5.10 Å². The van der Waals surface area contributed by atoms with Crippen molar-refractivity contribution in [3.8, 4) is 5.75 Å². The molecule has 0 N–H and O–H groups in total. The highest BCUT2D eigenvalue weighted by atomic mass is 16.5. The van der Waals surface area contributed by atoms with Gasteiger partial charge in [0.25, 0.3) is 0 Å². The number of methoxy groups -OCH3 is 1. The van der Waals surface area contributed by atoms with Crippen LogP contribution in [0.1, 0.15) is 10.4 Å². The summed E-state index contributed by atoms with van der Waals surface area (Å²) in [5, 5.41) is 3.99. The third kappa shape index (κ3) is 2.28. The summed E-state index contributed by atoms with van der Waals surface area (Å²) in [7, 11) is 1.58. The number of nitrogens with zero attached hydrogens (tertiary/aromatic N) is 2. The lowest BCUT2D eigenvalue weighted by Gasteiger charge is -2.04. The number of Topliss-reactive ketones (excluding diaryl/α,β-unsaturated/α-hetero) is 1. The van der Waals surface area contributed by atoms with E-state index in [-0.39, 0.29) is 12.3 Å². The second-order valence-corrected chi connectivity index (χ2v) is 3.36. The van der Waals surface area contributed by atoms with Crippen molar-refractivity contribution in [3.05, 3.63) is 48.3 Å². The summed E-state index contributed by atoms with van der Waals surface area (Å²) in [5.74, 6) is 0.703. The smallest absolute Gasteiger partial charge is 0.184 e. The van der Waals surface area contributed by atoms with Crippen LogP contribution in [0.3, 0.4) is 0 Å². The summed E-state index contributed by atoms with van der Waals surface area (Å²) in [6, 6.07) is 8.90. The molecule has 0 aliphatic heterocycles. The van der Waals surface area contributed by atoms with Crippen LogP contribution in [0.2, 0.25) is 0 Å². The van der Waals surface area contributed by atoms with Crippen LogP contribution in [-0.2, 0) is 6.54 Å². The Balaban J connectivity index is 2.14. The second kappa shape index (κ2) is 4.61. The average Bonchev–Trinajstić information content (AvgIpc) is 2.82. The fraction of sp³-hybridized carbons (Fsp3) is 0.167. The van der Waals surface area contributed by atoms with Crippen molar-refractivity contribution in [2.24, 2.45) is 0 Å². The largest absolute Gasteiger partial charge is 0.497 e. The van der Waals surface area contributed by atoms with Gasteiger partial charge in [0.05, 0.1) is 7.11 Å². The number of ketones is 1. The molecule has 0 atom stereocenters. The first-order valence-corrected chi connectivity index (χ1v) is 4.94. The fourth-order valence-electron chi connectivity index (χ4n) is 1.43. The van der Waals surface area contributed by atoms with Gasteiger partial charge in [-0.1, -0.05) is 12.1 Å². The third-order valence-corrected chi connectivity index (χ3v) is 2.26. The Hall–Kier alpha value is -2.10. The van der Waals surface area contributed by atoms with E-state index in [1.54, 1.807) is 48.5 Å². The van der Waals surface area contributed by atoms with Crippen molar-refractivity contribution in [1.82, 2.24) is 9.78 Å². The molecular formula is C12H12N2O2. The molecule has 4 nitrogen and oxygen atoms in total. The highest BCUT2D eigenvalue weighted by Gasteiger charge is 2.07. The lowest BCUT2D eigenvalue weighted by Crippen LogP contribution is -2.10. The van der Waals surface area contributed by atoms with Gasteiger partial charge >= 0.3 is 0 Å². The maximum atomic E-state index is 11.9. The van der Waals surface area contributed by atoms with Crippen molar-refractivity contribution in [1.29, 1.82) is 0 Å². The third-order valence-electron chi connectivity index (χ3n) is 2.26. The molecule has 82 valence electrons. The highest BCUT2D eigenvalue weighted by Crippen LogP contribution is 2.13. The molecule has 4 heteroatoms. The molecule has 0 amide bonds. The number of carbonyl (C=O) groups is 1. The summed E-state index contributed by atoms with van der Waals surface area (Å²) < 4.78 is 6.66. The van der Waals surface area contributed by atoms with Gasteiger partial charge in [-0.25, -0.2) is 0 Å². The summed E-state index contributed by atoms with van der Waals surface area (Å²) in [4.78, 5) is 11.9. The fourth-order valence-corrected chi connectivity index (χ4v) is 1.43. The summed E-state index contributed by atoms with van der Waals surface area (Å²) in [5.41, 5.74) is 0.634. The van der Waals surface area contributed by atoms with Crippen molar-refractivity contribution in [2.45, 2.75) is 6.54 Å². The number of hydrogen-bond donors (Lipinski definition) is 0. The molecular weight excluding hydrogens is 204 g/mol. The second-order valence-electron chi connectivity index (χ2n) is 3.36. The first kappa shape index (κ1) is 10.4. The van der Waals surface area contributed by atoms with E-state index in [1.807, 2.05) is 6.07 Å². The lowest BCUT2D eigenvalue weighted by atomic mass is 10.1. The standard InChI is InChI=1S/C12H12N2O2/c1-16-11-5-2-4-10(8-11)12(15)9-14-7-3-6-13-14/h2-8H,9H2,1H3. The highest BCUT2D eigenvalue weighted by molar-refractivity contribution is 5.96. The molecule has 1 heterocycles. The van der Waals surface area contributed by atoms with E-state index >= 15 is 0 Å². The van der Waals surface area contributed by atoms with Gasteiger partial charge in [0, 0.05) is 18.0 Å². The minimum atomic E-state index is 0.0163. The van der Waals surface area contributed by atoms with Crippen molar-refractivity contribution < 1.29 is 9.53 Å². The minimum Gasteiger partial charge on any atom is -0.497 e. The first-order valence-electron chi connectivity index (χ1n) is 4.94. The molecule has 0 radical (unpaired) electrons. The molecule has 0 aliphatic carbocycles. The Labute approximate surface area is 93.5 Å². The molecule has 0 aliphatic rings. The molecule has 0 bridgehead atoms. The zero-order chi connectivity index (χ0) is 11.4. The van der Waals surface area contributed by atoms with Crippen LogP contribution >= 0.6 is 0 Å². The first-order chi connectivity index (χ1) is 7.79. The van der Waals surface area contributed by atoms with Crippen LogP contribution < -0.4 is 4.74 Å². The average molecular weight is 216 g/mol. The van der Waals surface area contributed by atoms with E-state index in [4.69, 9.17) is 4.74 Å². The molecule has 0 spiro atoms. The van der Waals surface area contributed by atoms with Gasteiger partial charge in [-0.05, 0) is 18.2 Å². The Bertz CT molecular complexity index is 478. The predicted molar refractivity (Wildman–Crippen MR) is 59.6 cm³/mol. The van der Waals surface area contributed by atoms with Gasteiger partial charge in [0.2, 0.25) is 0 Å². The van der Waals surface area contributed by atoms with Crippen molar-refractivity contribution in [2.75, 3.05) is 7.11 Å². The number of carbonyl (C=O) groups excluding carboxylic acids is 1. The molecule has 0 saturated carbocycles. The van der Waals surface area contributed by atoms with E-state index in [0.29, 0.717) is 11.3 Å². The number of ether oxygens (including phenoxy) is 1. The van der Waals surface area contributed by atoms with Crippen LogP contribution in [0.15, 0.2) is 42.7 Å². The van der Waals surface area contributed by atoms with Gasteiger partial charge in [0.1, 0.15) is 12.3 Å². The molecule has 0 fully saturated rings. The molecule has 2 aromatic rings. The van der Waals surface area contributed by atoms with E-state index < -0.39 is 0 Å².